The number of aliphatic hydroxyl groups excluding tert-OH is 1. The average molecular weight is 641 g/mol. The average Bonchev–Trinajstić information content (AvgIpc) is 3.12. The van der Waals surface area contributed by atoms with Gasteiger partial charge in [-0.1, -0.05) is 140 Å². The Bertz CT molecular complexity index is 1700. The molecule has 1 heterocycles. The van der Waals surface area contributed by atoms with Crippen LogP contribution in [-0.2, 0) is 40.5 Å². The molecule has 1 aliphatic rings. The predicted molar refractivity (Wildman–Crippen MR) is 189 cm³/mol. The van der Waals surface area contributed by atoms with Gasteiger partial charge in [-0.3, -0.25) is 9.69 Å². The van der Waals surface area contributed by atoms with Crippen LogP contribution in [0.25, 0.3) is 11.1 Å². The van der Waals surface area contributed by atoms with Crippen LogP contribution in [0.4, 0.5) is 0 Å². The number of hydrogen-bond acceptors (Lipinski definition) is 5. The summed E-state index contributed by atoms with van der Waals surface area (Å²) in [5, 5.41) is 12.6. The number of amides is 1. The lowest BCUT2D eigenvalue weighted by Crippen LogP contribution is -2.44. The third kappa shape index (κ3) is 8.46. The van der Waals surface area contributed by atoms with Crippen LogP contribution in [0, 0.1) is 5.92 Å². The van der Waals surface area contributed by atoms with E-state index in [1.54, 1.807) is 0 Å². The Morgan fingerprint density at radius 3 is 1.90 bits per heavy atom. The summed E-state index contributed by atoms with van der Waals surface area (Å²) in [6.45, 7) is 6.55. The number of aliphatic hydroxyl groups is 1. The van der Waals surface area contributed by atoms with E-state index < -0.39 is 6.29 Å². The van der Waals surface area contributed by atoms with Crippen LogP contribution >= 0.6 is 0 Å². The summed E-state index contributed by atoms with van der Waals surface area (Å²) in [6.07, 6.45) is -0.876. The summed E-state index contributed by atoms with van der Waals surface area (Å²) in [5.74, 6) is 0.0115. The Kier molecular flexibility index (Phi) is 11.1. The second kappa shape index (κ2) is 16.0. The Balaban J connectivity index is 1.29. The zero-order chi connectivity index (χ0) is 33.3. The SMILES string of the molecule is CC(=O)NCc1ccccc1-c1ccc([C@@H]2O[C@H](CN(Cc3ccccc3)Cc3ccccc3)[C@H](C)[C@H](c3ccc(CO)cc3)O2)cc1. The summed E-state index contributed by atoms with van der Waals surface area (Å²) in [7, 11) is 0. The van der Waals surface area contributed by atoms with Gasteiger partial charge in [-0.15, -0.1) is 0 Å². The van der Waals surface area contributed by atoms with Gasteiger partial charge in [-0.2, -0.15) is 0 Å². The molecule has 6 rings (SSSR count). The van der Waals surface area contributed by atoms with E-state index in [2.05, 4.69) is 120 Å². The molecule has 5 aromatic rings. The normalized spacial score (nSPS) is 19.2. The first kappa shape index (κ1) is 33.3. The van der Waals surface area contributed by atoms with Gasteiger partial charge < -0.3 is 19.9 Å². The molecule has 0 radical (unpaired) electrons. The highest BCUT2D eigenvalue weighted by Crippen LogP contribution is 2.42. The zero-order valence-electron chi connectivity index (χ0n) is 27.7. The van der Waals surface area contributed by atoms with E-state index in [1.807, 2.05) is 30.3 Å². The van der Waals surface area contributed by atoms with Crippen LogP contribution in [0.5, 0.6) is 0 Å². The summed E-state index contributed by atoms with van der Waals surface area (Å²) >= 11 is 0. The first-order valence-corrected chi connectivity index (χ1v) is 16.7. The number of carbonyl (C=O) groups excluding carboxylic acids is 1. The fourth-order valence-electron chi connectivity index (χ4n) is 6.45. The molecule has 1 amide bonds. The fraction of sp³-hybridized carbons (Fsp3) is 0.262. The highest BCUT2D eigenvalue weighted by molar-refractivity contribution is 5.74. The lowest BCUT2D eigenvalue weighted by molar-refractivity contribution is -0.276. The van der Waals surface area contributed by atoms with Crippen LogP contribution in [-0.4, -0.2) is 28.6 Å². The topological polar surface area (TPSA) is 71.0 Å². The van der Waals surface area contributed by atoms with Crippen molar-refractivity contribution in [2.75, 3.05) is 6.54 Å². The quantitative estimate of drug-likeness (QED) is 0.145. The highest BCUT2D eigenvalue weighted by atomic mass is 16.7. The van der Waals surface area contributed by atoms with Gasteiger partial charge in [-0.05, 0) is 38.9 Å². The number of nitrogens with one attached hydrogen (secondary N) is 1. The van der Waals surface area contributed by atoms with Gasteiger partial charge in [0.15, 0.2) is 6.29 Å². The summed E-state index contributed by atoms with van der Waals surface area (Å²) in [6, 6.07) is 45.7. The molecule has 1 fully saturated rings. The minimum absolute atomic E-state index is 0.00391. The largest absolute Gasteiger partial charge is 0.392 e. The minimum Gasteiger partial charge on any atom is -0.392 e. The standard InChI is InChI=1S/C42H44N2O4/c1-30-40(28-44(26-32-11-5-3-6-12-32)27-33-13-7-4-8-14-33)47-42(48-41(30)36-19-17-34(29-45)18-20-36)37-23-21-35(22-24-37)39-16-10-9-15-38(39)25-43-31(2)46/h3-24,30,40-42,45H,25-29H2,1-2H3,(H,43,46)/t30-,40+,41+,42+/m0/s1. The minimum atomic E-state index is -0.562. The number of carbonyl (C=O) groups is 1. The van der Waals surface area contributed by atoms with Gasteiger partial charge in [0.05, 0.1) is 18.8 Å². The monoisotopic (exact) mass is 640 g/mol. The number of hydrogen-bond donors (Lipinski definition) is 2. The molecule has 1 aliphatic heterocycles. The van der Waals surface area contributed by atoms with E-state index in [0.717, 1.165) is 53.0 Å². The van der Waals surface area contributed by atoms with Gasteiger partial charge in [-0.25, -0.2) is 0 Å². The van der Waals surface area contributed by atoms with E-state index in [4.69, 9.17) is 9.47 Å². The maximum atomic E-state index is 11.6. The molecule has 0 saturated carbocycles. The van der Waals surface area contributed by atoms with Crippen molar-refractivity contribution in [3.63, 3.8) is 0 Å². The Morgan fingerprint density at radius 2 is 1.29 bits per heavy atom. The molecule has 0 aromatic heterocycles. The van der Waals surface area contributed by atoms with E-state index in [0.29, 0.717) is 6.54 Å². The second-order valence-electron chi connectivity index (χ2n) is 12.7. The number of nitrogens with zero attached hydrogens (tertiary/aromatic N) is 1. The maximum absolute atomic E-state index is 11.6. The smallest absolute Gasteiger partial charge is 0.217 e. The summed E-state index contributed by atoms with van der Waals surface area (Å²) < 4.78 is 13.6. The van der Waals surface area contributed by atoms with Gasteiger partial charge in [0.2, 0.25) is 5.91 Å². The molecule has 1 saturated heterocycles. The van der Waals surface area contributed by atoms with Crippen LogP contribution < -0.4 is 5.32 Å². The second-order valence-corrected chi connectivity index (χ2v) is 12.7. The van der Waals surface area contributed by atoms with E-state index in [-0.39, 0.29) is 30.6 Å². The first-order valence-electron chi connectivity index (χ1n) is 16.7. The van der Waals surface area contributed by atoms with Crippen molar-refractivity contribution in [2.45, 2.75) is 58.6 Å². The van der Waals surface area contributed by atoms with Crippen LogP contribution in [0.3, 0.4) is 0 Å². The molecule has 0 bridgehead atoms. The number of benzene rings is 5. The molecule has 2 N–H and O–H groups in total. The van der Waals surface area contributed by atoms with Gasteiger partial charge in [0.1, 0.15) is 0 Å². The Hall–Kier alpha value is -4.59. The van der Waals surface area contributed by atoms with Gasteiger partial charge in [0.25, 0.3) is 0 Å². The van der Waals surface area contributed by atoms with Crippen LogP contribution in [0.15, 0.2) is 133 Å². The molecule has 0 spiro atoms. The van der Waals surface area contributed by atoms with Crippen LogP contribution in [0.2, 0.25) is 0 Å². The lowest BCUT2D eigenvalue weighted by Gasteiger charge is -2.43. The van der Waals surface area contributed by atoms with Crippen molar-refractivity contribution in [3.05, 3.63) is 167 Å². The van der Waals surface area contributed by atoms with Crippen molar-refractivity contribution in [3.8, 4) is 11.1 Å². The van der Waals surface area contributed by atoms with Crippen molar-refractivity contribution < 1.29 is 19.4 Å². The van der Waals surface area contributed by atoms with Gasteiger partial charge in [0, 0.05) is 44.6 Å². The van der Waals surface area contributed by atoms with Crippen molar-refractivity contribution in [1.29, 1.82) is 0 Å². The van der Waals surface area contributed by atoms with Crippen molar-refractivity contribution >= 4 is 5.91 Å². The highest BCUT2D eigenvalue weighted by Gasteiger charge is 2.39. The lowest BCUT2D eigenvalue weighted by atomic mass is 9.89. The van der Waals surface area contributed by atoms with E-state index in [1.165, 1.54) is 18.1 Å². The third-order valence-corrected chi connectivity index (χ3v) is 9.10. The first-order chi connectivity index (χ1) is 23.5. The fourth-order valence-corrected chi connectivity index (χ4v) is 6.45. The molecule has 0 unspecified atom stereocenters. The summed E-state index contributed by atoms with van der Waals surface area (Å²) in [5.41, 5.74) is 8.61. The van der Waals surface area contributed by atoms with E-state index in [9.17, 15) is 9.90 Å². The number of rotatable bonds is 12. The molecular formula is C42H44N2O4. The van der Waals surface area contributed by atoms with E-state index >= 15 is 0 Å². The summed E-state index contributed by atoms with van der Waals surface area (Å²) in [4.78, 5) is 14.1. The van der Waals surface area contributed by atoms with Crippen molar-refractivity contribution in [1.82, 2.24) is 10.2 Å². The molecule has 246 valence electrons. The molecule has 4 atom stereocenters. The zero-order valence-corrected chi connectivity index (χ0v) is 27.7. The molecule has 6 heteroatoms. The molecule has 0 aliphatic carbocycles. The van der Waals surface area contributed by atoms with Crippen LogP contribution in [0.1, 0.15) is 59.6 Å². The van der Waals surface area contributed by atoms with Gasteiger partial charge >= 0.3 is 0 Å². The molecule has 6 nitrogen and oxygen atoms in total. The predicted octanol–water partition coefficient (Wildman–Crippen LogP) is 7.98. The Labute approximate surface area is 284 Å². The molecular weight excluding hydrogens is 596 g/mol. The Morgan fingerprint density at radius 1 is 0.708 bits per heavy atom. The molecule has 5 aromatic carbocycles. The number of ether oxygens (including phenoxy) is 2. The molecule has 48 heavy (non-hydrogen) atoms. The van der Waals surface area contributed by atoms with Crippen molar-refractivity contribution in [2.24, 2.45) is 5.92 Å². The third-order valence-electron chi connectivity index (χ3n) is 9.10. The maximum Gasteiger partial charge on any atom is 0.217 e.